The molecule has 0 aliphatic carbocycles. The standard InChI is InChI=1S/C11H19N3S/c1-14-5-2-3-10(9-14)7-12-8-11-13-4-6-15-11/h4,6,10,12H,2-3,5,7-9H2,1H3. The summed E-state index contributed by atoms with van der Waals surface area (Å²) >= 11 is 1.73. The Kier molecular flexibility index (Phi) is 4.11. The maximum Gasteiger partial charge on any atom is 0.106 e. The fraction of sp³-hybridized carbons (Fsp3) is 0.727. The predicted octanol–water partition coefficient (Wildman–Crippen LogP) is 1.57. The van der Waals surface area contributed by atoms with Gasteiger partial charge >= 0.3 is 0 Å². The zero-order valence-electron chi connectivity index (χ0n) is 9.28. The van der Waals surface area contributed by atoms with Crippen LogP contribution in [0.5, 0.6) is 0 Å². The maximum absolute atomic E-state index is 4.26. The largest absolute Gasteiger partial charge is 0.310 e. The van der Waals surface area contributed by atoms with E-state index in [2.05, 4.69) is 22.2 Å². The molecule has 15 heavy (non-hydrogen) atoms. The van der Waals surface area contributed by atoms with Crippen LogP contribution < -0.4 is 5.32 Å². The number of hydrogen-bond acceptors (Lipinski definition) is 4. The Labute approximate surface area is 95.5 Å². The maximum atomic E-state index is 4.26. The van der Waals surface area contributed by atoms with Gasteiger partial charge in [-0.1, -0.05) is 0 Å². The number of hydrogen-bond donors (Lipinski definition) is 1. The molecule has 2 heterocycles. The zero-order valence-corrected chi connectivity index (χ0v) is 10.1. The lowest BCUT2D eigenvalue weighted by Crippen LogP contribution is -2.37. The summed E-state index contributed by atoms with van der Waals surface area (Å²) in [7, 11) is 2.22. The molecule has 0 radical (unpaired) electrons. The molecule has 0 amide bonds. The second-order valence-electron chi connectivity index (χ2n) is 4.33. The SMILES string of the molecule is CN1CCCC(CNCc2nccs2)C1. The van der Waals surface area contributed by atoms with Crippen LogP contribution >= 0.6 is 11.3 Å². The molecule has 1 aliphatic rings. The molecule has 1 saturated heterocycles. The normalized spacial score (nSPS) is 23.1. The van der Waals surface area contributed by atoms with E-state index in [9.17, 15) is 0 Å². The smallest absolute Gasteiger partial charge is 0.106 e. The topological polar surface area (TPSA) is 28.2 Å². The van der Waals surface area contributed by atoms with Gasteiger partial charge in [-0.05, 0) is 38.9 Å². The van der Waals surface area contributed by atoms with Gasteiger partial charge in [0.2, 0.25) is 0 Å². The molecule has 1 aromatic rings. The van der Waals surface area contributed by atoms with E-state index in [0.29, 0.717) is 0 Å². The minimum atomic E-state index is 0.823. The first-order valence-corrected chi connectivity index (χ1v) is 6.50. The molecule has 3 nitrogen and oxygen atoms in total. The minimum absolute atomic E-state index is 0.823. The van der Waals surface area contributed by atoms with Gasteiger partial charge < -0.3 is 10.2 Å². The summed E-state index contributed by atoms with van der Waals surface area (Å²) in [6, 6.07) is 0. The van der Waals surface area contributed by atoms with Gasteiger partial charge in [0.15, 0.2) is 0 Å². The van der Waals surface area contributed by atoms with E-state index in [4.69, 9.17) is 0 Å². The number of rotatable bonds is 4. The number of piperidine rings is 1. The fourth-order valence-electron chi connectivity index (χ4n) is 2.16. The molecule has 0 saturated carbocycles. The molecule has 4 heteroatoms. The van der Waals surface area contributed by atoms with Crippen molar-refractivity contribution in [3.05, 3.63) is 16.6 Å². The summed E-state index contributed by atoms with van der Waals surface area (Å²) in [6.07, 6.45) is 4.59. The minimum Gasteiger partial charge on any atom is -0.310 e. The second-order valence-corrected chi connectivity index (χ2v) is 5.31. The Hall–Kier alpha value is -0.450. The quantitative estimate of drug-likeness (QED) is 0.843. The van der Waals surface area contributed by atoms with Crippen LogP contribution in [0.4, 0.5) is 0 Å². The Bertz CT molecular complexity index is 273. The van der Waals surface area contributed by atoms with E-state index < -0.39 is 0 Å². The summed E-state index contributed by atoms with van der Waals surface area (Å²) in [4.78, 5) is 6.69. The molecular weight excluding hydrogens is 206 g/mol. The van der Waals surface area contributed by atoms with Gasteiger partial charge in [0.1, 0.15) is 5.01 Å². The van der Waals surface area contributed by atoms with Gasteiger partial charge in [0.25, 0.3) is 0 Å². The van der Waals surface area contributed by atoms with Gasteiger partial charge in [-0.25, -0.2) is 4.98 Å². The van der Waals surface area contributed by atoms with Gasteiger partial charge in [-0.15, -0.1) is 11.3 Å². The van der Waals surface area contributed by atoms with Crippen LogP contribution in [0.15, 0.2) is 11.6 Å². The number of nitrogens with one attached hydrogen (secondary N) is 1. The third-order valence-corrected chi connectivity index (χ3v) is 3.69. The summed E-state index contributed by atoms with van der Waals surface area (Å²) < 4.78 is 0. The van der Waals surface area contributed by atoms with Crippen molar-refractivity contribution in [1.82, 2.24) is 15.2 Å². The van der Waals surface area contributed by atoms with Crippen LogP contribution in [0.2, 0.25) is 0 Å². The zero-order chi connectivity index (χ0) is 10.5. The van der Waals surface area contributed by atoms with Crippen molar-refractivity contribution in [3.63, 3.8) is 0 Å². The van der Waals surface area contributed by atoms with Gasteiger partial charge in [-0.3, -0.25) is 0 Å². The van der Waals surface area contributed by atoms with Crippen LogP contribution in [0.1, 0.15) is 17.8 Å². The average molecular weight is 225 g/mol. The Morgan fingerprint density at radius 2 is 2.60 bits per heavy atom. The van der Waals surface area contributed by atoms with E-state index in [1.165, 1.54) is 30.9 Å². The molecule has 1 atom stereocenters. The highest BCUT2D eigenvalue weighted by Crippen LogP contribution is 2.14. The number of aromatic nitrogens is 1. The molecule has 1 unspecified atom stereocenters. The fourth-order valence-corrected chi connectivity index (χ4v) is 2.75. The summed E-state index contributed by atoms with van der Waals surface area (Å²) in [5.41, 5.74) is 0. The lowest BCUT2D eigenvalue weighted by Gasteiger charge is -2.29. The molecule has 0 spiro atoms. The molecule has 0 bridgehead atoms. The molecule has 0 aromatic carbocycles. The first kappa shape index (κ1) is 11.0. The first-order valence-electron chi connectivity index (χ1n) is 5.62. The molecule has 1 aliphatic heterocycles. The van der Waals surface area contributed by atoms with Crippen LogP contribution in [0.25, 0.3) is 0 Å². The van der Waals surface area contributed by atoms with E-state index in [-0.39, 0.29) is 0 Å². The summed E-state index contributed by atoms with van der Waals surface area (Å²) in [5, 5.41) is 6.73. The van der Waals surface area contributed by atoms with Gasteiger partial charge in [0, 0.05) is 24.7 Å². The van der Waals surface area contributed by atoms with Crippen molar-refractivity contribution in [2.45, 2.75) is 19.4 Å². The van der Waals surface area contributed by atoms with Crippen LogP contribution in [-0.4, -0.2) is 36.6 Å². The lowest BCUT2D eigenvalue weighted by atomic mass is 9.98. The molecule has 2 rings (SSSR count). The Morgan fingerprint density at radius 3 is 3.33 bits per heavy atom. The van der Waals surface area contributed by atoms with Crippen molar-refractivity contribution in [2.24, 2.45) is 5.92 Å². The molecule has 1 aromatic heterocycles. The van der Waals surface area contributed by atoms with E-state index in [0.717, 1.165) is 19.0 Å². The predicted molar refractivity (Wildman–Crippen MR) is 64.0 cm³/mol. The van der Waals surface area contributed by atoms with E-state index in [1.54, 1.807) is 11.3 Å². The van der Waals surface area contributed by atoms with E-state index in [1.807, 2.05) is 11.6 Å². The van der Waals surface area contributed by atoms with Crippen LogP contribution in [0, 0.1) is 5.92 Å². The summed E-state index contributed by atoms with van der Waals surface area (Å²) in [6.45, 7) is 4.57. The summed E-state index contributed by atoms with van der Waals surface area (Å²) in [5.74, 6) is 0.823. The monoisotopic (exact) mass is 225 g/mol. The van der Waals surface area contributed by atoms with Gasteiger partial charge in [-0.2, -0.15) is 0 Å². The van der Waals surface area contributed by atoms with Crippen molar-refractivity contribution >= 4 is 11.3 Å². The Morgan fingerprint density at radius 1 is 1.67 bits per heavy atom. The van der Waals surface area contributed by atoms with E-state index >= 15 is 0 Å². The highest BCUT2D eigenvalue weighted by Gasteiger charge is 2.16. The molecular formula is C11H19N3S. The van der Waals surface area contributed by atoms with Crippen LogP contribution in [0.3, 0.4) is 0 Å². The lowest BCUT2D eigenvalue weighted by molar-refractivity contribution is 0.206. The number of likely N-dealkylation sites (tertiary alicyclic amines) is 1. The first-order chi connectivity index (χ1) is 7.34. The third-order valence-electron chi connectivity index (χ3n) is 2.91. The molecule has 1 fully saturated rings. The van der Waals surface area contributed by atoms with Gasteiger partial charge in [0.05, 0.1) is 0 Å². The molecule has 84 valence electrons. The van der Waals surface area contributed by atoms with Crippen molar-refractivity contribution in [3.8, 4) is 0 Å². The average Bonchev–Trinajstić information content (AvgIpc) is 2.71. The van der Waals surface area contributed by atoms with Crippen LogP contribution in [-0.2, 0) is 6.54 Å². The highest BCUT2D eigenvalue weighted by molar-refractivity contribution is 7.09. The number of nitrogens with zero attached hydrogens (tertiary/aromatic N) is 2. The Balaban J connectivity index is 1.65. The molecule has 1 N–H and O–H groups in total. The van der Waals surface area contributed by atoms with Crippen molar-refractivity contribution in [1.29, 1.82) is 0 Å². The second kappa shape index (κ2) is 5.58. The van der Waals surface area contributed by atoms with Crippen molar-refractivity contribution < 1.29 is 0 Å². The van der Waals surface area contributed by atoms with Crippen molar-refractivity contribution in [2.75, 3.05) is 26.7 Å². The third kappa shape index (κ3) is 3.55. The number of thiazole rings is 1. The highest BCUT2D eigenvalue weighted by atomic mass is 32.1.